The fourth-order valence-electron chi connectivity index (χ4n) is 4.56. The number of anilines is 1. The van der Waals surface area contributed by atoms with Crippen molar-refractivity contribution in [1.82, 2.24) is 20.0 Å². The Morgan fingerprint density at radius 1 is 1.24 bits per heavy atom. The van der Waals surface area contributed by atoms with E-state index in [9.17, 15) is 13.6 Å². The van der Waals surface area contributed by atoms with Gasteiger partial charge in [0, 0.05) is 18.2 Å². The fraction of sp³-hybridized carbons (Fsp3) is 0.652. The molecule has 2 saturated carbocycles. The van der Waals surface area contributed by atoms with E-state index in [-0.39, 0.29) is 29.0 Å². The quantitative estimate of drug-likeness (QED) is 0.455. The van der Waals surface area contributed by atoms with Crippen LogP contribution in [0.15, 0.2) is 18.5 Å². The van der Waals surface area contributed by atoms with Crippen LogP contribution in [0.1, 0.15) is 57.6 Å². The number of carbonyl (C=O) groups excluding carboxylic acids is 1. The van der Waals surface area contributed by atoms with Crippen LogP contribution in [-0.2, 0) is 9.53 Å². The normalized spacial score (nSPS) is 17.9. The number of methoxy groups -OCH3 is 1. The molecule has 2 aliphatic rings. The van der Waals surface area contributed by atoms with Crippen molar-refractivity contribution in [1.29, 1.82) is 0 Å². The lowest BCUT2D eigenvalue weighted by Crippen LogP contribution is -2.40. The lowest BCUT2D eigenvalue weighted by molar-refractivity contribution is -0.136. The first-order valence-corrected chi connectivity index (χ1v) is 12.0. The van der Waals surface area contributed by atoms with Crippen molar-refractivity contribution in [2.24, 2.45) is 17.8 Å². The number of hydrogen-bond acceptors (Lipinski definition) is 6. The number of nitrogens with zero attached hydrogens (tertiary/aromatic N) is 4. The summed E-state index contributed by atoms with van der Waals surface area (Å²) >= 11 is 5.97. The predicted molar refractivity (Wildman–Crippen MR) is 122 cm³/mol. The highest BCUT2D eigenvalue weighted by Crippen LogP contribution is 2.51. The van der Waals surface area contributed by atoms with Gasteiger partial charge in [0.2, 0.25) is 12.3 Å². The van der Waals surface area contributed by atoms with Gasteiger partial charge in [-0.25, -0.2) is 8.78 Å². The lowest BCUT2D eigenvalue weighted by atomic mass is 9.90. The highest BCUT2D eigenvalue weighted by atomic mass is 35.5. The maximum absolute atomic E-state index is 13.5. The van der Waals surface area contributed by atoms with Crippen molar-refractivity contribution in [3.05, 3.63) is 29.2 Å². The van der Waals surface area contributed by atoms with Crippen LogP contribution in [0.25, 0.3) is 0 Å². The van der Waals surface area contributed by atoms with Gasteiger partial charge in [0.1, 0.15) is 6.10 Å². The van der Waals surface area contributed by atoms with Gasteiger partial charge in [0.15, 0.2) is 5.15 Å². The van der Waals surface area contributed by atoms with Gasteiger partial charge in [0.25, 0.3) is 5.91 Å². The number of rotatable bonds is 12. The molecular formula is C23H30ClF2N5O3. The summed E-state index contributed by atoms with van der Waals surface area (Å²) in [5.74, 6) is 1.11. The summed E-state index contributed by atoms with van der Waals surface area (Å²) in [5, 5.41) is 14.7. The van der Waals surface area contributed by atoms with Gasteiger partial charge in [-0.1, -0.05) is 11.6 Å². The minimum Gasteiger partial charge on any atom is -0.480 e. The van der Waals surface area contributed by atoms with Gasteiger partial charge in [-0.2, -0.15) is 5.10 Å². The van der Waals surface area contributed by atoms with Crippen LogP contribution in [0.4, 0.5) is 14.5 Å². The molecule has 0 aromatic carbocycles. The second-order valence-corrected chi connectivity index (χ2v) is 9.72. The van der Waals surface area contributed by atoms with Crippen LogP contribution >= 0.6 is 11.6 Å². The predicted octanol–water partition coefficient (Wildman–Crippen LogP) is 4.75. The molecule has 0 saturated heterocycles. The second-order valence-electron chi connectivity index (χ2n) is 9.33. The summed E-state index contributed by atoms with van der Waals surface area (Å²) in [6.07, 6.45) is 3.67. The third-order valence-electron chi connectivity index (χ3n) is 6.26. The van der Waals surface area contributed by atoms with Gasteiger partial charge in [-0.3, -0.25) is 9.48 Å². The highest BCUT2D eigenvalue weighted by molar-refractivity contribution is 6.29. The van der Waals surface area contributed by atoms with E-state index in [1.54, 1.807) is 0 Å². The SMILES string of the molecule is COc1nnc(Cl)cc1C(CC(F)F)n1cc(NC(=O)C(OC(C)C)C(C2CC2)C2CC2)cn1. The Morgan fingerprint density at radius 3 is 2.47 bits per heavy atom. The van der Waals surface area contributed by atoms with Crippen molar-refractivity contribution in [2.45, 2.75) is 70.6 Å². The highest BCUT2D eigenvalue weighted by Gasteiger charge is 2.48. The molecule has 186 valence electrons. The van der Waals surface area contributed by atoms with Gasteiger partial charge in [-0.15, -0.1) is 10.2 Å². The molecule has 2 fully saturated rings. The molecule has 2 aromatic rings. The molecule has 0 radical (unpaired) electrons. The average Bonchev–Trinajstić information content (AvgIpc) is 3.71. The minimum absolute atomic E-state index is 0.0515. The zero-order chi connectivity index (χ0) is 24.4. The lowest BCUT2D eigenvalue weighted by Gasteiger charge is -2.28. The van der Waals surface area contributed by atoms with Crippen molar-refractivity contribution in [3.63, 3.8) is 0 Å². The van der Waals surface area contributed by atoms with Crippen molar-refractivity contribution >= 4 is 23.2 Å². The Balaban J connectivity index is 1.55. The molecule has 1 N–H and O–H groups in total. The maximum atomic E-state index is 13.5. The summed E-state index contributed by atoms with van der Waals surface area (Å²) in [6.45, 7) is 3.84. The topological polar surface area (TPSA) is 91.2 Å². The summed E-state index contributed by atoms with van der Waals surface area (Å²) in [5.41, 5.74) is 0.728. The molecular weight excluding hydrogens is 468 g/mol. The summed E-state index contributed by atoms with van der Waals surface area (Å²) < 4.78 is 39.5. The average molecular weight is 498 g/mol. The van der Waals surface area contributed by atoms with Gasteiger partial charge in [0.05, 0.1) is 31.1 Å². The van der Waals surface area contributed by atoms with Crippen LogP contribution in [-0.4, -0.2) is 51.6 Å². The van der Waals surface area contributed by atoms with E-state index in [2.05, 4.69) is 20.6 Å². The van der Waals surface area contributed by atoms with Gasteiger partial charge < -0.3 is 14.8 Å². The Hall–Kier alpha value is -2.33. The first-order valence-electron chi connectivity index (χ1n) is 11.6. The summed E-state index contributed by atoms with van der Waals surface area (Å²) in [7, 11) is 1.38. The van der Waals surface area contributed by atoms with Crippen molar-refractivity contribution in [3.8, 4) is 5.88 Å². The maximum Gasteiger partial charge on any atom is 0.253 e. The molecule has 0 aliphatic heterocycles. The van der Waals surface area contributed by atoms with Crippen LogP contribution in [0.2, 0.25) is 5.15 Å². The molecule has 2 aromatic heterocycles. The largest absolute Gasteiger partial charge is 0.480 e. The second kappa shape index (κ2) is 10.5. The van der Waals surface area contributed by atoms with Crippen LogP contribution in [0.5, 0.6) is 5.88 Å². The number of halogens is 3. The number of alkyl halides is 2. The molecule has 0 spiro atoms. The Bertz CT molecular complexity index is 985. The first kappa shape index (κ1) is 24.8. The number of carbonyl (C=O) groups is 1. The number of aromatic nitrogens is 4. The van der Waals surface area contributed by atoms with E-state index in [0.29, 0.717) is 23.1 Å². The number of ether oxygens (including phenoxy) is 2. The molecule has 11 heteroatoms. The third kappa shape index (κ3) is 6.02. The van der Waals surface area contributed by atoms with Crippen molar-refractivity contribution < 1.29 is 23.0 Å². The summed E-state index contributed by atoms with van der Waals surface area (Å²) in [4.78, 5) is 13.3. The number of hydrogen-bond donors (Lipinski definition) is 1. The third-order valence-corrected chi connectivity index (χ3v) is 6.44. The van der Waals surface area contributed by atoms with E-state index in [0.717, 1.165) is 25.7 Å². The minimum atomic E-state index is -2.62. The molecule has 34 heavy (non-hydrogen) atoms. The van der Waals surface area contributed by atoms with E-state index in [4.69, 9.17) is 21.1 Å². The molecule has 2 unspecified atom stereocenters. The molecule has 0 bridgehead atoms. The molecule has 8 nitrogen and oxygen atoms in total. The zero-order valence-corrected chi connectivity index (χ0v) is 20.2. The smallest absolute Gasteiger partial charge is 0.253 e. The van der Waals surface area contributed by atoms with E-state index >= 15 is 0 Å². The Labute approximate surface area is 202 Å². The molecule has 2 aliphatic carbocycles. The van der Waals surface area contributed by atoms with Crippen LogP contribution in [0.3, 0.4) is 0 Å². The molecule has 1 amide bonds. The Morgan fingerprint density at radius 2 is 1.91 bits per heavy atom. The molecule has 4 rings (SSSR count). The van der Waals surface area contributed by atoms with Gasteiger partial charge in [-0.05, 0) is 63.4 Å². The zero-order valence-electron chi connectivity index (χ0n) is 19.5. The first-order chi connectivity index (χ1) is 16.3. The van der Waals surface area contributed by atoms with Crippen molar-refractivity contribution in [2.75, 3.05) is 12.4 Å². The molecule has 2 heterocycles. The number of nitrogens with one attached hydrogen (secondary N) is 1. The summed E-state index contributed by atoms with van der Waals surface area (Å²) in [6, 6.07) is 0.518. The van der Waals surface area contributed by atoms with Gasteiger partial charge >= 0.3 is 0 Å². The number of amides is 1. The van der Waals surface area contributed by atoms with E-state index < -0.39 is 25.0 Å². The van der Waals surface area contributed by atoms with Crippen LogP contribution < -0.4 is 10.1 Å². The van der Waals surface area contributed by atoms with E-state index in [1.165, 1.54) is 30.3 Å². The Kier molecular flexibility index (Phi) is 7.67. The van der Waals surface area contributed by atoms with Crippen LogP contribution in [0, 0.1) is 17.8 Å². The standard InChI is InChI=1S/C23H30ClF2N5O3/c1-12(2)34-21(20(13-4-5-13)14-6-7-14)22(32)28-15-10-27-31(11-15)17(9-19(25)26)16-8-18(24)29-30-23(16)33-3/h8,10-14,17,19-21H,4-7,9H2,1-3H3,(H,28,32). The molecule has 2 atom stereocenters. The fourth-order valence-corrected chi connectivity index (χ4v) is 4.72. The van der Waals surface area contributed by atoms with E-state index in [1.807, 2.05) is 13.8 Å². The monoisotopic (exact) mass is 497 g/mol.